The first-order chi connectivity index (χ1) is 11.5. The number of hydrogen-bond acceptors (Lipinski definition) is 4. The Morgan fingerprint density at radius 2 is 2.21 bits per heavy atom. The van der Waals surface area contributed by atoms with Crippen LogP contribution in [0.25, 0.3) is 0 Å². The molecular formula is C16H20FI2N3O2. The lowest BCUT2D eigenvalue weighted by Crippen LogP contribution is -2.33. The van der Waals surface area contributed by atoms with Gasteiger partial charge in [0.15, 0.2) is 4.23 Å². The van der Waals surface area contributed by atoms with Gasteiger partial charge in [0.05, 0.1) is 15.8 Å². The minimum atomic E-state index is -0.190. The van der Waals surface area contributed by atoms with Gasteiger partial charge in [0, 0.05) is 32.2 Å². The zero-order valence-corrected chi connectivity index (χ0v) is 17.7. The molecule has 0 saturated carbocycles. The number of benzene rings is 1. The Bertz CT molecular complexity index is 619. The van der Waals surface area contributed by atoms with E-state index in [1.807, 2.05) is 17.0 Å². The summed E-state index contributed by atoms with van der Waals surface area (Å²) in [5.41, 5.74) is 1.49. The smallest absolute Gasteiger partial charge is 0.216 e. The van der Waals surface area contributed by atoms with Crippen LogP contribution in [0.15, 0.2) is 18.2 Å². The van der Waals surface area contributed by atoms with Crippen molar-refractivity contribution in [2.45, 2.75) is 34.2 Å². The van der Waals surface area contributed by atoms with E-state index < -0.39 is 0 Å². The van der Waals surface area contributed by atoms with Gasteiger partial charge < -0.3 is 19.9 Å². The van der Waals surface area contributed by atoms with E-state index >= 15 is 0 Å². The molecule has 0 aliphatic carbocycles. The molecule has 2 saturated heterocycles. The number of hydrogen-bond donors (Lipinski definition) is 1. The molecule has 1 N–H and O–H groups in total. The topological polar surface area (TPSA) is 44.8 Å². The van der Waals surface area contributed by atoms with Gasteiger partial charge in [-0.1, -0.05) is 22.6 Å². The van der Waals surface area contributed by atoms with Gasteiger partial charge in [-0.15, -0.1) is 0 Å². The summed E-state index contributed by atoms with van der Waals surface area (Å²) in [6.07, 6.45) is 2.12. The van der Waals surface area contributed by atoms with Crippen LogP contribution < -0.4 is 15.1 Å². The molecular weight excluding hydrogens is 539 g/mol. The van der Waals surface area contributed by atoms with E-state index in [0.29, 0.717) is 22.8 Å². The van der Waals surface area contributed by atoms with Crippen LogP contribution in [0.5, 0.6) is 0 Å². The Hall–Kier alpha value is -0.360. The van der Waals surface area contributed by atoms with Crippen LogP contribution in [0, 0.1) is 5.82 Å². The van der Waals surface area contributed by atoms with Gasteiger partial charge in [-0.3, -0.25) is 4.79 Å². The molecule has 2 heterocycles. The molecule has 2 fully saturated rings. The summed E-state index contributed by atoms with van der Waals surface area (Å²) in [6.45, 7) is 3.49. The van der Waals surface area contributed by atoms with Crippen molar-refractivity contribution in [1.82, 2.24) is 5.32 Å². The first-order valence-electron chi connectivity index (χ1n) is 7.96. The van der Waals surface area contributed by atoms with Crippen molar-refractivity contribution in [3.63, 3.8) is 0 Å². The quantitative estimate of drug-likeness (QED) is 0.350. The van der Waals surface area contributed by atoms with Crippen LogP contribution in [0.4, 0.5) is 15.8 Å². The minimum Gasteiger partial charge on any atom is -0.357 e. The second kappa shape index (κ2) is 7.90. The summed E-state index contributed by atoms with van der Waals surface area (Å²) in [4.78, 5) is 15.2. The molecule has 1 aromatic carbocycles. The van der Waals surface area contributed by atoms with Gasteiger partial charge in [0.25, 0.3) is 0 Å². The highest BCUT2D eigenvalue weighted by molar-refractivity contribution is 14.1. The third-order valence-corrected chi connectivity index (χ3v) is 6.54. The molecule has 0 aromatic heterocycles. The standard InChI is InChI=1S/C16H20FI2N3O2/c1-10(23)20-8-12-9-22(16(19)24-12)11-4-5-14(13(17)7-11)21-6-2-3-15(21)18/h4-5,7,12,15-16H,2-3,6,8-9H2,1H3,(H,20,23)/t12-,15?,16?/m0/s1. The van der Waals surface area contributed by atoms with Crippen LogP contribution in [0.3, 0.4) is 0 Å². The van der Waals surface area contributed by atoms with Crippen LogP contribution in [-0.4, -0.2) is 39.9 Å². The van der Waals surface area contributed by atoms with E-state index in [2.05, 4.69) is 55.4 Å². The summed E-state index contributed by atoms with van der Waals surface area (Å²) < 4.78 is 20.7. The highest BCUT2D eigenvalue weighted by Gasteiger charge is 2.32. The molecule has 24 heavy (non-hydrogen) atoms. The first kappa shape index (κ1) is 18.4. The Kier molecular flexibility index (Phi) is 6.07. The molecule has 3 atom stereocenters. The number of carbonyl (C=O) groups is 1. The Balaban J connectivity index is 1.71. The summed E-state index contributed by atoms with van der Waals surface area (Å²) in [5, 5.41) is 2.77. The van der Waals surface area contributed by atoms with Crippen molar-refractivity contribution in [3.8, 4) is 0 Å². The van der Waals surface area contributed by atoms with Gasteiger partial charge in [-0.05, 0) is 53.6 Å². The number of amides is 1. The molecule has 1 amide bonds. The molecule has 132 valence electrons. The number of carbonyl (C=O) groups excluding carboxylic acids is 1. The second-order valence-electron chi connectivity index (χ2n) is 6.05. The third kappa shape index (κ3) is 4.06. The third-order valence-electron chi connectivity index (χ3n) is 4.28. The van der Waals surface area contributed by atoms with Crippen LogP contribution in [0.2, 0.25) is 0 Å². The summed E-state index contributed by atoms with van der Waals surface area (Å²) >= 11 is 4.56. The number of nitrogens with zero attached hydrogens (tertiary/aromatic N) is 2. The largest absolute Gasteiger partial charge is 0.357 e. The number of rotatable bonds is 4. The molecule has 1 aromatic rings. The van der Waals surface area contributed by atoms with Gasteiger partial charge in [-0.2, -0.15) is 0 Å². The predicted octanol–water partition coefficient (Wildman–Crippen LogP) is 3.25. The van der Waals surface area contributed by atoms with Crippen molar-refractivity contribution in [2.75, 3.05) is 29.4 Å². The van der Waals surface area contributed by atoms with E-state index in [4.69, 9.17) is 4.74 Å². The fourth-order valence-corrected chi connectivity index (χ4v) is 5.06. The van der Waals surface area contributed by atoms with E-state index in [-0.39, 0.29) is 22.1 Å². The molecule has 8 heteroatoms. The maximum Gasteiger partial charge on any atom is 0.216 e. The number of nitrogens with one attached hydrogen (secondary N) is 1. The minimum absolute atomic E-state index is 0.0728. The molecule has 5 nitrogen and oxygen atoms in total. The zero-order valence-electron chi connectivity index (χ0n) is 13.3. The summed E-state index contributed by atoms with van der Waals surface area (Å²) in [5.74, 6) is -0.263. The average Bonchev–Trinajstić information content (AvgIpc) is 3.11. The van der Waals surface area contributed by atoms with E-state index in [9.17, 15) is 9.18 Å². The van der Waals surface area contributed by atoms with Gasteiger partial charge in [0.1, 0.15) is 5.82 Å². The fourth-order valence-electron chi connectivity index (χ4n) is 3.08. The lowest BCUT2D eigenvalue weighted by molar-refractivity contribution is -0.119. The average molecular weight is 559 g/mol. The molecule has 0 bridgehead atoms. The van der Waals surface area contributed by atoms with Crippen molar-refractivity contribution in [3.05, 3.63) is 24.0 Å². The zero-order chi connectivity index (χ0) is 17.3. The molecule has 3 rings (SSSR count). The first-order valence-corrected chi connectivity index (χ1v) is 10.5. The molecule has 2 unspecified atom stereocenters. The van der Waals surface area contributed by atoms with Crippen LogP contribution in [0.1, 0.15) is 19.8 Å². The van der Waals surface area contributed by atoms with E-state index in [1.54, 1.807) is 6.07 Å². The van der Waals surface area contributed by atoms with E-state index in [1.165, 1.54) is 6.92 Å². The Morgan fingerprint density at radius 3 is 2.83 bits per heavy atom. The van der Waals surface area contributed by atoms with Crippen molar-refractivity contribution < 1.29 is 13.9 Å². The fraction of sp³-hybridized carbons (Fsp3) is 0.562. The van der Waals surface area contributed by atoms with Gasteiger partial charge in [0.2, 0.25) is 5.91 Å². The normalized spacial score (nSPS) is 26.9. The molecule has 2 aliphatic heterocycles. The molecule has 0 radical (unpaired) electrons. The van der Waals surface area contributed by atoms with Crippen molar-refractivity contribution >= 4 is 62.5 Å². The van der Waals surface area contributed by atoms with Gasteiger partial charge in [-0.25, -0.2) is 4.39 Å². The lowest BCUT2D eigenvalue weighted by Gasteiger charge is -2.25. The van der Waals surface area contributed by atoms with Crippen LogP contribution >= 0.6 is 45.2 Å². The SMILES string of the molecule is CC(=O)NC[C@H]1CN(c2ccc(N3CCCC3I)c(F)c2)C(I)O1. The summed E-state index contributed by atoms with van der Waals surface area (Å²) in [7, 11) is 0. The number of alkyl halides is 2. The number of ether oxygens (including phenoxy) is 1. The summed E-state index contributed by atoms with van der Waals surface area (Å²) in [6, 6.07) is 5.41. The van der Waals surface area contributed by atoms with Gasteiger partial charge >= 0.3 is 0 Å². The highest BCUT2D eigenvalue weighted by atomic mass is 127. The number of halogens is 3. The Labute approximate surface area is 168 Å². The Morgan fingerprint density at radius 1 is 1.42 bits per heavy atom. The maximum absolute atomic E-state index is 14.6. The van der Waals surface area contributed by atoms with Crippen molar-refractivity contribution in [1.29, 1.82) is 0 Å². The highest BCUT2D eigenvalue weighted by Crippen LogP contribution is 2.35. The predicted molar refractivity (Wildman–Crippen MR) is 109 cm³/mol. The van der Waals surface area contributed by atoms with E-state index in [0.717, 1.165) is 25.1 Å². The monoisotopic (exact) mass is 559 g/mol. The van der Waals surface area contributed by atoms with Crippen LogP contribution in [-0.2, 0) is 9.53 Å². The second-order valence-corrected chi connectivity index (χ2v) is 8.55. The number of anilines is 2. The molecule has 0 spiro atoms. The maximum atomic E-state index is 14.6. The molecule has 2 aliphatic rings. The lowest BCUT2D eigenvalue weighted by atomic mass is 10.2. The van der Waals surface area contributed by atoms with Crippen molar-refractivity contribution in [2.24, 2.45) is 0 Å².